The van der Waals surface area contributed by atoms with Crippen molar-refractivity contribution in [3.63, 3.8) is 0 Å². The second-order valence-corrected chi connectivity index (χ2v) is 7.36. The largest absolute Gasteiger partial charge is 0.276 e. The van der Waals surface area contributed by atoms with E-state index in [1.165, 1.54) is 0 Å². The fourth-order valence-corrected chi connectivity index (χ4v) is 4.50. The highest BCUT2D eigenvalue weighted by atomic mass is 35.5. The number of aliphatic imine (C=N–C) groups is 1. The molecular weight excluding hydrogens is 354 g/mol. The van der Waals surface area contributed by atoms with Crippen molar-refractivity contribution in [1.29, 1.82) is 5.26 Å². The SMILES string of the molecule is Cc1c(CC#N)sc2c1C(c1ccc(Cl)cc1)=NCc1nnc(C)n1-2. The van der Waals surface area contributed by atoms with Crippen LogP contribution >= 0.6 is 22.9 Å². The number of aryl methyl sites for hydroxylation is 1. The van der Waals surface area contributed by atoms with E-state index in [0.29, 0.717) is 18.0 Å². The van der Waals surface area contributed by atoms with E-state index in [2.05, 4.69) is 27.8 Å². The van der Waals surface area contributed by atoms with Gasteiger partial charge in [0.2, 0.25) is 0 Å². The first-order chi connectivity index (χ1) is 12.1. The van der Waals surface area contributed by atoms with Gasteiger partial charge >= 0.3 is 0 Å². The fraction of sp³-hybridized carbons (Fsp3) is 0.222. The van der Waals surface area contributed by atoms with Crippen molar-refractivity contribution < 1.29 is 0 Å². The molecule has 2 aromatic heterocycles. The maximum absolute atomic E-state index is 9.16. The first kappa shape index (κ1) is 16.0. The summed E-state index contributed by atoms with van der Waals surface area (Å²) >= 11 is 7.66. The Morgan fingerprint density at radius 1 is 1.24 bits per heavy atom. The first-order valence-corrected chi connectivity index (χ1v) is 9.01. The molecule has 0 fully saturated rings. The summed E-state index contributed by atoms with van der Waals surface area (Å²) in [6.07, 6.45) is 0.383. The minimum absolute atomic E-state index is 0.383. The Morgan fingerprint density at radius 2 is 2.00 bits per heavy atom. The lowest BCUT2D eigenvalue weighted by Gasteiger charge is -2.09. The molecule has 1 aliphatic rings. The van der Waals surface area contributed by atoms with Gasteiger partial charge in [0.1, 0.15) is 17.4 Å². The molecule has 3 heterocycles. The molecule has 0 spiro atoms. The highest BCUT2D eigenvalue weighted by Crippen LogP contribution is 2.36. The Balaban J connectivity index is 2.00. The Morgan fingerprint density at radius 3 is 2.72 bits per heavy atom. The molecule has 124 valence electrons. The van der Waals surface area contributed by atoms with Gasteiger partial charge in [0.05, 0.1) is 18.2 Å². The maximum atomic E-state index is 9.16. The number of fused-ring (bicyclic) bond motifs is 3. The molecule has 7 heteroatoms. The molecule has 0 aliphatic carbocycles. The number of hydrogen-bond acceptors (Lipinski definition) is 5. The van der Waals surface area contributed by atoms with Crippen LogP contribution in [-0.4, -0.2) is 20.5 Å². The molecule has 0 unspecified atom stereocenters. The van der Waals surface area contributed by atoms with E-state index in [-0.39, 0.29) is 0 Å². The van der Waals surface area contributed by atoms with Crippen molar-refractivity contribution in [3.8, 4) is 11.1 Å². The quantitative estimate of drug-likeness (QED) is 0.687. The van der Waals surface area contributed by atoms with Crippen LogP contribution < -0.4 is 0 Å². The number of nitrogens with zero attached hydrogens (tertiary/aromatic N) is 5. The van der Waals surface area contributed by atoms with Gasteiger partial charge in [0.25, 0.3) is 0 Å². The number of aromatic nitrogens is 3. The van der Waals surface area contributed by atoms with Gasteiger partial charge in [-0.3, -0.25) is 9.56 Å². The van der Waals surface area contributed by atoms with Crippen molar-refractivity contribution in [1.82, 2.24) is 14.8 Å². The number of halogens is 1. The predicted molar refractivity (Wildman–Crippen MR) is 98.8 cm³/mol. The van der Waals surface area contributed by atoms with Crippen molar-refractivity contribution >= 4 is 28.6 Å². The summed E-state index contributed by atoms with van der Waals surface area (Å²) in [5.74, 6) is 1.64. The smallest absolute Gasteiger partial charge is 0.160 e. The Labute approximate surface area is 154 Å². The van der Waals surface area contributed by atoms with E-state index in [1.54, 1.807) is 11.3 Å². The van der Waals surface area contributed by atoms with Crippen LogP contribution in [0.4, 0.5) is 0 Å². The molecule has 3 aromatic rings. The van der Waals surface area contributed by atoms with Gasteiger partial charge < -0.3 is 0 Å². The summed E-state index contributed by atoms with van der Waals surface area (Å²) in [6, 6.07) is 9.95. The van der Waals surface area contributed by atoms with Crippen LogP contribution in [0.25, 0.3) is 5.00 Å². The van der Waals surface area contributed by atoms with Crippen molar-refractivity contribution in [2.45, 2.75) is 26.8 Å². The van der Waals surface area contributed by atoms with E-state index in [9.17, 15) is 0 Å². The molecule has 0 N–H and O–H groups in total. The van der Waals surface area contributed by atoms with Gasteiger partial charge in [-0.25, -0.2) is 0 Å². The van der Waals surface area contributed by atoms with E-state index < -0.39 is 0 Å². The molecule has 5 nitrogen and oxygen atoms in total. The molecule has 0 atom stereocenters. The second kappa shape index (κ2) is 6.10. The lowest BCUT2D eigenvalue weighted by Crippen LogP contribution is -2.07. The summed E-state index contributed by atoms with van der Waals surface area (Å²) in [4.78, 5) is 5.88. The van der Waals surface area contributed by atoms with Crippen molar-refractivity contribution in [3.05, 3.63) is 62.5 Å². The third kappa shape index (κ3) is 2.56. The summed E-state index contributed by atoms with van der Waals surface area (Å²) in [6.45, 7) is 4.46. The molecule has 0 bridgehead atoms. The molecule has 1 aromatic carbocycles. The minimum Gasteiger partial charge on any atom is -0.276 e. The fourth-order valence-electron chi connectivity index (χ4n) is 3.07. The third-order valence-corrected chi connectivity index (χ3v) is 5.82. The molecular formula is C18H14ClN5S. The highest BCUT2D eigenvalue weighted by molar-refractivity contribution is 7.15. The van der Waals surface area contributed by atoms with E-state index in [0.717, 1.165) is 43.9 Å². The lowest BCUT2D eigenvalue weighted by atomic mass is 9.99. The zero-order chi connectivity index (χ0) is 17.6. The van der Waals surface area contributed by atoms with E-state index in [1.807, 2.05) is 31.2 Å². The molecule has 0 saturated heterocycles. The predicted octanol–water partition coefficient (Wildman–Crippen LogP) is 4.02. The molecule has 4 rings (SSSR count). The van der Waals surface area contributed by atoms with Crippen molar-refractivity contribution in [2.75, 3.05) is 0 Å². The van der Waals surface area contributed by atoms with Crippen LogP contribution in [-0.2, 0) is 13.0 Å². The van der Waals surface area contributed by atoms with Gasteiger partial charge in [-0.2, -0.15) is 5.26 Å². The number of nitriles is 1. The highest BCUT2D eigenvalue weighted by Gasteiger charge is 2.27. The number of benzene rings is 1. The van der Waals surface area contributed by atoms with Gasteiger partial charge in [-0.1, -0.05) is 23.7 Å². The summed E-state index contributed by atoms with van der Waals surface area (Å²) < 4.78 is 2.06. The topological polar surface area (TPSA) is 66.9 Å². The average molecular weight is 368 g/mol. The van der Waals surface area contributed by atoms with Crippen LogP contribution in [0.5, 0.6) is 0 Å². The molecule has 25 heavy (non-hydrogen) atoms. The monoisotopic (exact) mass is 367 g/mol. The Bertz CT molecular complexity index is 1040. The first-order valence-electron chi connectivity index (χ1n) is 7.81. The molecule has 0 saturated carbocycles. The number of rotatable bonds is 2. The Hall–Kier alpha value is -2.49. The lowest BCUT2D eigenvalue weighted by molar-refractivity contribution is 0.869. The number of thiophene rings is 1. The van der Waals surface area contributed by atoms with Crippen LogP contribution in [0, 0.1) is 25.2 Å². The third-order valence-electron chi connectivity index (χ3n) is 4.29. The minimum atomic E-state index is 0.383. The zero-order valence-corrected chi connectivity index (χ0v) is 15.3. The van der Waals surface area contributed by atoms with Gasteiger partial charge in [-0.05, 0) is 31.5 Å². The van der Waals surface area contributed by atoms with Crippen LogP contribution in [0.15, 0.2) is 29.3 Å². The van der Waals surface area contributed by atoms with Crippen molar-refractivity contribution in [2.24, 2.45) is 4.99 Å². The maximum Gasteiger partial charge on any atom is 0.160 e. The van der Waals surface area contributed by atoms with Crippen LogP contribution in [0.1, 0.15) is 33.2 Å². The molecule has 0 amide bonds. The molecule has 0 radical (unpaired) electrons. The zero-order valence-electron chi connectivity index (χ0n) is 13.7. The van der Waals surface area contributed by atoms with Gasteiger partial charge in [0, 0.05) is 21.0 Å². The average Bonchev–Trinajstić information content (AvgIpc) is 3.05. The van der Waals surface area contributed by atoms with Crippen LogP contribution in [0.3, 0.4) is 0 Å². The standard InChI is InChI=1S/C18H14ClN5S/c1-10-14(7-8-20)25-18-16(10)17(12-3-5-13(19)6-4-12)21-9-15-23-22-11(2)24(15)18/h3-6H,7,9H2,1-2H3. The second-order valence-electron chi connectivity index (χ2n) is 5.84. The summed E-state index contributed by atoms with van der Waals surface area (Å²) in [5, 5.41) is 19.4. The van der Waals surface area contributed by atoms with Gasteiger partial charge in [0.15, 0.2) is 5.82 Å². The molecule has 1 aliphatic heterocycles. The van der Waals surface area contributed by atoms with Crippen LogP contribution in [0.2, 0.25) is 5.02 Å². The number of hydrogen-bond donors (Lipinski definition) is 0. The van der Waals surface area contributed by atoms with E-state index >= 15 is 0 Å². The normalized spacial score (nSPS) is 12.8. The van der Waals surface area contributed by atoms with E-state index in [4.69, 9.17) is 21.9 Å². The summed E-state index contributed by atoms with van der Waals surface area (Å²) in [5.41, 5.74) is 4.07. The Kier molecular flexibility index (Phi) is 3.91. The van der Waals surface area contributed by atoms with Gasteiger partial charge in [-0.15, -0.1) is 21.5 Å². The summed E-state index contributed by atoms with van der Waals surface area (Å²) in [7, 11) is 0.